The van der Waals surface area contributed by atoms with E-state index < -0.39 is 0 Å². The quantitative estimate of drug-likeness (QED) is 0.916. The van der Waals surface area contributed by atoms with Crippen molar-refractivity contribution in [3.05, 3.63) is 16.1 Å². The van der Waals surface area contributed by atoms with Crippen LogP contribution >= 0.6 is 11.3 Å². The van der Waals surface area contributed by atoms with E-state index in [4.69, 9.17) is 9.47 Å². The highest BCUT2D eigenvalue weighted by Gasteiger charge is 2.40. The largest absolute Gasteiger partial charge is 0.378 e. The molecule has 19 heavy (non-hydrogen) atoms. The van der Waals surface area contributed by atoms with Gasteiger partial charge in [-0.25, -0.2) is 4.98 Å². The van der Waals surface area contributed by atoms with Gasteiger partial charge in [0.05, 0.1) is 22.9 Å². The summed E-state index contributed by atoms with van der Waals surface area (Å²) in [6, 6.07) is 0.565. The van der Waals surface area contributed by atoms with Gasteiger partial charge in [0.25, 0.3) is 0 Å². The molecule has 2 atom stereocenters. The van der Waals surface area contributed by atoms with Crippen molar-refractivity contribution in [3.63, 3.8) is 0 Å². The SMILES string of the molecule is Cc1nc(CCNC2CCOC3(CCOC3)C2)cs1. The van der Waals surface area contributed by atoms with Gasteiger partial charge in [-0.3, -0.25) is 0 Å². The van der Waals surface area contributed by atoms with Crippen molar-refractivity contribution in [3.8, 4) is 0 Å². The van der Waals surface area contributed by atoms with Crippen LogP contribution in [0.4, 0.5) is 0 Å². The van der Waals surface area contributed by atoms with Crippen LogP contribution in [-0.4, -0.2) is 43.0 Å². The molecule has 0 radical (unpaired) electrons. The van der Waals surface area contributed by atoms with Gasteiger partial charge in [0.2, 0.25) is 0 Å². The third-order valence-corrected chi connectivity index (χ3v) is 4.86. The van der Waals surface area contributed by atoms with Gasteiger partial charge in [-0.15, -0.1) is 11.3 Å². The highest BCUT2D eigenvalue weighted by Crippen LogP contribution is 2.32. The van der Waals surface area contributed by atoms with Gasteiger partial charge in [-0.05, 0) is 19.8 Å². The first-order valence-electron chi connectivity index (χ1n) is 7.12. The number of nitrogens with one attached hydrogen (secondary N) is 1. The van der Waals surface area contributed by atoms with Gasteiger partial charge >= 0.3 is 0 Å². The standard InChI is InChI=1S/C14H22N2O2S/c1-11-16-13(9-19-11)2-5-15-12-3-6-18-14(8-12)4-7-17-10-14/h9,12,15H,2-8,10H2,1H3. The topological polar surface area (TPSA) is 43.4 Å². The van der Waals surface area contributed by atoms with Crippen LogP contribution in [0, 0.1) is 6.92 Å². The molecule has 2 saturated heterocycles. The second-order valence-corrected chi connectivity index (χ2v) is 6.65. The summed E-state index contributed by atoms with van der Waals surface area (Å²) in [5, 5.41) is 6.98. The maximum absolute atomic E-state index is 5.95. The van der Waals surface area contributed by atoms with Crippen LogP contribution in [0.3, 0.4) is 0 Å². The molecule has 1 N–H and O–H groups in total. The Hall–Kier alpha value is -0.490. The summed E-state index contributed by atoms with van der Waals surface area (Å²) in [6.45, 7) is 5.55. The molecule has 106 valence electrons. The van der Waals surface area contributed by atoms with Gasteiger partial charge in [-0.2, -0.15) is 0 Å². The Bertz CT molecular complexity index is 415. The van der Waals surface area contributed by atoms with Crippen molar-refractivity contribution in [2.45, 2.75) is 44.2 Å². The summed E-state index contributed by atoms with van der Waals surface area (Å²) in [6.07, 6.45) is 4.27. The van der Waals surface area contributed by atoms with Crippen LogP contribution in [0.2, 0.25) is 0 Å². The number of aryl methyl sites for hydroxylation is 1. The molecule has 2 aliphatic rings. The molecule has 1 aromatic rings. The first-order chi connectivity index (χ1) is 9.26. The Morgan fingerprint density at radius 3 is 3.21 bits per heavy atom. The number of nitrogens with zero attached hydrogens (tertiary/aromatic N) is 1. The second-order valence-electron chi connectivity index (χ2n) is 5.59. The maximum atomic E-state index is 5.95. The van der Waals surface area contributed by atoms with Crippen molar-refractivity contribution in [1.82, 2.24) is 10.3 Å². The van der Waals surface area contributed by atoms with Gasteiger partial charge < -0.3 is 14.8 Å². The van der Waals surface area contributed by atoms with E-state index in [-0.39, 0.29) is 5.60 Å². The molecule has 0 aromatic carbocycles. The molecule has 3 rings (SSSR count). The molecule has 1 spiro atoms. The number of aromatic nitrogens is 1. The third kappa shape index (κ3) is 3.34. The minimum atomic E-state index is 0.00708. The second kappa shape index (κ2) is 5.87. The zero-order valence-electron chi connectivity index (χ0n) is 11.5. The molecule has 5 heteroatoms. The molecule has 0 amide bonds. The van der Waals surface area contributed by atoms with Crippen molar-refractivity contribution in [1.29, 1.82) is 0 Å². The predicted octanol–water partition coefficient (Wildman–Crippen LogP) is 1.92. The van der Waals surface area contributed by atoms with Crippen LogP contribution in [0.5, 0.6) is 0 Å². The molecule has 1 aromatic heterocycles. The van der Waals surface area contributed by atoms with Gasteiger partial charge in [0, 0.05) is 44.0 Å². The number of hydrogen-bond donors (Lipinski definition) is 1. The molecule has 0 bridgehead atoms. The van der Waals surface area contributed by atoms with E-state index in [1.165, 1.54) is 5.69 Å². The Balaban J connectivity index is 1.45. The number of rotatable bonds is 4. The average Bonchev–Trinajstić information content (AvgIpc) is 3.00. The van der Waals surface area contributed by atoms with Crippen molar-refractivity contribution < 1.29 is 9.47 Å². The Morgan fingerprint density at radius 2 is 2.47 bits per heavy atom. The molecule has 4 nitrogen and oxygen atoms in total. The minimum Gasteiger partial charge on any atom is -0.378 e. The molecule has 3 heterocycles. The highest BCUT2D eigenvalue weighted by molar-refractivity contribution is 7.09. The van der Waals surface area contributed by atoms with Gasteiger partial charge in [0.15, 0.2) is 0 Å². The van der Waals surface area contributed by atoms with Crippen molar-refractivity contribution in [2.24, 2.45) is 0 Å². The highest BCUT2D eigenvalue weighted by atomic mass is 32.1. The summed E-state index contributed by atoms with van der Waals surface area (Å²) in [7, 11) is 0. The van der Waals surface area contributed by atoms with E-state index in [0.29, 0.717) is 6.04 Å². The zero-order valence-corrected chi connectivity index (χ0v) is 12.3. The van der Waals surface area contributed by atoms with Crippen LogP contribution in [0.25, 0.3) is 0 Å². The van der Waals surface area contributed by atoms with Crippen molar-refractivity contribution in [2.75, 3.05) is 26.4 Å². The number of ether oxygens (including phenoxy) is 2. The Kier molecular flexibility index (Phi) is 4.17. The van der Waals surface area contributed by atoms with Crippen molar-refractivity contribution >= 4 is 11.3 Å². The lowest BCUT2D eigenvalue weighted by atomic mass is 9.89. The lowest BCUT2D eigenvalue weighted by Crippen LogP contribution is -2.47. The molecular weight excluding hydrogens is 260 g/mol. The fourth-order valence-electron chi connectivity index (χ4n) is 2.99. The van der Waals surface area contributed by atoms with E-state index in [9.17, 15) is 0 Å². The number of thiazole rings is 1. The molecule has 0 saturated carbocycles. The fourth-order valence-corrected chi connectivity index (χ4v) is 3.64. The summed E-state index contributed by atoms with van der Waals surface area (Å²) < 4.78 is 11.5. The lowest BCUT2D eigenvalue weighted by molar-refractivity contribution is -0.0891. The third-order valence-electron chi connectivity index (χ3n) is 4.04. The number of hydrogen-bond acceptors (Lipinski definition) is 5. The summed E-state index contributed by atoms with van der Waals surface area (Å²) >= 11 is 1.73. The van der Waals surface area contributed by atoms with E-state index >= 15 is 0 Å². The molecule has 0 aliphatic carbocycles. The first-order valence-corrected chi connectivity index (χ1v) is 8.00. The van der Waals surface area contributed by atoms with Crippen LogP contribution < -0.4 is 5.32 Å². The average molecular weight is 282 g/mol. The Labute approximate surface area is 118 Å². The fraction of sp³-hybridized carbons (Fsp3) is 0.786. The van der Waals surface area contributed by atoms with Crippen LogP contribution in [0.15, 0.2) is 5.38 Å². The normalized spacial score (nSPS) is 31.1. The molecule has 2 unspecified atom stereocenters. The molecular formula is C14H22N2O2S. The van der Waals surface area contributed by atoms with Crippen LogP contribution in [0.1, 0.15) is 30.0 Å². The monoisotopic (exact) mass is 282 g/mol. The van der Waals surface area contributed by atoms with E-state index in [1.807, 2.05) is 0 Å². The maximum Gasteiger partial charge on any atom is 0.0951 e. The van der Waals surface area contributed by atoms with Gasteiger partial charge in [-0.1, -0.05) is 0 Å². The molecule has 2 aliphatic heterocycles. The summed E-state index contributed by atoms with van der Waals surface area (Å²) in [5.74, 6) is 0. The van der Waals surface area contributed by atoms with E-state index in [1.54, 1.807) is 11.3 Å². The summed E-state index contributed by atoms with van der Waals surface area (Å²) in [4.78, 5) is 4.50. The van der Waals surface area contributed by atoms with Crippen LogP contribution in [-0.2, 0) is 15.9 Å². The predicted molar refractivity (Wildman–Crippen MR) is 75.7 cm³/mol. The smallest absolute Gasteiger partial charge is 0.0951 e. The lowest BCUT2D eigenvalue weighted by Gasteiger charge is -2.37. The summed E-state index contributed by atoms with van der Waals surface area (Å²) in [5.41, 5.74) is 1.22. The minimum absolute atomic E-state index is 0.00708. The Morgan fingerprint density at radius 1 is 1.53 bits per heavy atom. The first kappa shape index (κ1) is 13.5. The van der Waals surface area contributed by atoms with E-state index in [0.717, 1.165) is 57.1 Å². The zero-order chi connectivity index (χ0) is 13.1. The van der Waals surface area contributed by atoms with Gasteiger partial charge in [0.1, 0.15) is 0 Å². The van der Waals surface area contributed by atoms with E-state index in [2.05, 4.69) is 22.6 Å². The molecule has 2 fully saturated rings.